The Morgan fingerprint density at radius 3 is 2.38 bits per heavy atom. The molecule has 2 aromatic carbocycles. The van der Waals surface area contributed by atoms with Crippen LogP contribution in [0.4, 0.5) is 5.69 Å². The molecule has 0 atom stereocenters. The van der Waals surface area contributed by atoms with Gasteiger partial charge in [-0.2, -0.15) is 0 Å². The molecule has 2 aromatic rings. The van der Waals surface area contributed by atoms with E-state index in [1.807, 2.05) is 0 Å². The van der Waals surface area contributed by atoms with Gasteiger partial charge in [0.2, 0.25) is 15.9 Å². The lowest BCUT2D eigenvalue weighted by molar-refractivity contribution is -0.116. The summed E-state index contributed by atoms with van der Waals surface area (Å²) in [5.74, 6) is 0.710. The Kier molecular flexibility index (Phi) is 7.01. The van der Waals surface area contributed by atoms with Crippen molar-refractivity contribution in [1.29, 1.82) is 0 Å². The minimum absolute atomic E-state index is 0.0229. The Labute approximate surface area is 160 Å². The Morgan fingerprint density at radius 2 is 1.77 bits per heavy atom. The molecule has 0 aromatic heterocycles. The molecule has 2 N–H and O–H groups in total. The van der Waals surface area contributed by atoms with Gasteiger partial charge in [0.15, 0.2) is 0 Å². The van der Waals surface area contributed by atoms with E-state index in [2.05, 4.69) is 26.0 Å². The summed E-state index contributed by atoms with van der Waals surface area (Å²) in [5.41, 5.74) is 0.481. The van der Waals surface area contributed by atoms with Crippen LogP contribution in [-0.2, 0) is 14.8 Å². The predicted molar refractivity (Wildman–Crippen MR) is 102 cm³/mol. The summed E-state index contributed by atoms with van der Waals surface area (Å²) < 4.78 is 37.8. The number of halogens is 1. The van der Waals surface area contributed by atoms with Gasteiger partial charge in [-0.3, -0.25) is 4.79 Å². The molecule has 140 valence electrons. The summed E-state index contributed by atoms with van der Waals surface area (Å²) in [4.78, 5) is 12.2. The third kappa shape index (κ3) is 5.45. The van der Waals surface area contributed by atoms with Crippen molar-refractivity contribution in [3.63, 3.8) is 0 Å². The van der Waals surface area contributed by atoms with E-state index in [0.29, 0.717) is 17.2 Å². The van der Waals surface area contributed by atoms with Crippen molar-refractivity contribution >= 4 is 37.5 Å². The van der Waals surface area contributed by atoms with Crippen molar-refractivity contribution in [2.24, 2.45) is 0 Å². The summed E-state index contributed by atoms with van der Waals surface area (Å²) in [6, 6.07) is 11.2. The second kappa shape index (κ2) is 9.02. The highest BCUT2D eigenvalue weighted by Crippen LogP contribution is 2.29. The number of amides is 1. The van der Waals surface area contributed by atoms with Gasteiger partial charge in [-0.1, -0.05) is 15.9 Å². The SMILES string of the molecule is COc1ccc(NC(=O)CCNS(=O)(=O)c2ccc(Br)cc2)c(OC)c1. The molecule has 0 unspecified atom stereocenters. The molecule has 2 rings (SSSR count). The Balaban J connectivity index is 1.92. The van der Waals surface area contributed by atoms with E-state index in [1.54, 1.807) is 30.3 Å². The van der Waals surface area contributed by atoms with E-state index in [0.717, 1.165) is 4.47 Å². The molecule has 0 saturated heterocycles. The summed E-state index contributed by atoms with van der Waals surface area (Å²) in [6.07, 6.45) is -0.0229. The number of hydrogen-bond acceptors (Lipinski definition) is 5. The van der Waals surface area contributed by atoms with Gasteiger partial charge in [-0.05, 0) is 36.4 Å². The molecule has 26 heavy (non-hydrogen) atoms. The molecule has 9 heteroatoms. The van der Waals surface area contributed by atoms with E-state index >= 15 is 0 Å². The first-order valence-corrected chi connectivity index (χ1v) is 9.90. The maximum Gasteiger partial charge on any atom is 0.240 e. The molecule has 0 aliphatic rings. The van der Waals surface area contributed by atoms with Gasteiger partial charge in [-0.15, -0.1) is 0 Å². The van der Waals surface area contributed by atoms with Gasteiger partial charge in [0.05, 0.1) is 24.8 Å². The number of rotatable bonds is 8. The van der Waals surface area contributed by atoms with Crippen molar-refractivity contribution in [2.75, 3.05) is 26.1 Å². The van der Waals surface area contributed by atoms with Crippen LogP contribution in [0.5, 0.6) is 11.5 Å². The first-order valence-electron chi connectivity index (χ1n) is 7.63. The third-order valence-corrected chi connectivity index (χ3v) is 5.46. The number of methoxy groups -OCH3 is 2. The zero-order valence-electron chi connectivity index (χ0n) is 14.3. The van der Waals surface area contributed by atoms with Crippen LogP contribution in [0, 0.1) is 0 Å². The summed E-state index contributed by atoms with van der Waals surface area (Å²) >= 11 is 3.25. The number of anilines is 1. The van der Waals surface area contributed by atoms with Crippen LogP contribution in [-0.4, -0.2) is 35.1 Å². The van der Waals surface area contributed by atoms with Crippen LogP contribution < -0.4 is 19.5 Å². The van der Waals surface area contributed by atoms with Gasteiger partial charge < -0.3 is 14.8 Å². The number of carbonyl (C=O) groups is 1. The van der Waals surface area contributed by atoms with Crippen molar-refractivity contribution in [3.05, 3.63) is 46.9 Å². The molecule has 0 bridgehead atoms. The van der Waals surface area contributed by atoms with Gasteiger partial charge >= 0.3 is 0 Å². The van der Waals surface area contributed by atoms with Crippen molar-refractivity contribution in [1.82, 2.24) is 4.72 Å². The Hall–Kier alpha value is -2.10. The molecular weight excluding hydrogens is 424 g/mol. The maximum atomic E-state index is 12.2. The molecule has 0 spiro atoms. The molecule has 0 fully saturated rings. The highest BCUT2D eigenvalue weighted by Gasteiger charge is 2.14. The van der Waals surface area contributed by atoms with Crippen LogP contribution in [0.15, 0.2) is 51.8 Å². The van der Waals surface area contributed by atoms with E-state index in [-0.39, 0.29) is 23.8 Å². The van der Waals surface area contributed by atoms with Crippen LogP contribution in [0.3, 0.4) is 0 Å². The topological polar surface area (TPSA) is 93.7 Å². The van der Waals surface area contributed by atoms with Crippen LogP contribution in [0.2, 0.25) is 0 Å². The molecule has 1 amide bonds. The number of nitrogens with one attached hydrogen (secondary N) is 2. The quantitative estimate of drug-likeness (QED) is 0.655. The zero-order valence-corrected chi connectivity index (χ0v) is 16.7. The van der Waals surface area contributed by atoms with E-state index in [9.17, 15) is 13.2 Å². The predicted octanol–water partition coefficient (Wildman–Crippen LogP) is 2.77. The zero-order chi connectivity index (χ0) is 19.2. The molecule has 7 nitrogen and oxygen atoms in total. The van der Waals surface area contributed by atoms with E-state index < -0.39 is 10.0 Å². The van der Waals surface area contributed by atoms with Crippen LogP contribution >= 0.6 is 15.9 Å². The monoisotopic (exact) mass is 442 g/mol. The number of benzene rings is 2. The van der Waals surface area contributed by atoms with Gasteiger partial charge in [-0.25, -0.2) is 13.1 Å². The maximum absolute atomic E-state index is 12.2. The first kappa shape index (κ1) is 20.2. The fourth-order valence-corrected chi connectivity index (χ4v) is 3.41. The smallest absolute Gasteiger partial charge is 0.240 e. The largest absolute Gasteiger partial charge is 0.497 e. The minimum Gasteiger partial charge on any atom is -0.497 e. The van der Waals surface area contributed by atoms with Crippen LogP contribution in [0.25, 0.3) is 0 Å². The molecule has 0 aliphatic heterocycles. The number of hydrogen-bond donors (Lipinski definition) is 2. The van der Waals surface area contributed by atoms with Gasteiger partial charge in [0.1, 0.15) is 11.5 Å². The fourth-order valence-electron chi connectivity index (χ4n) is 2.11. The Morgan fingerprint density at radius 1 is 1.08 bits per heavy atom. The minimum atomic E-state index is -3.66. The average Bonchev–Trinajstić information content (AvgIpc) is 2.62. The second-order valence-corrected chi connectivity index (χ2v) is 7.90. The van der Waals surface area contributed by atoms with E-state index in [1.165, 1.54) is 26.4 Å². The van der Waals surface area contributed by atoms with Crippen molar-refractivity contribution < 1.29 is 22.7 Å². The first-order chi connectivity index (χ1) is 12.4. The molecular formula is C17H19BrN2O5S. The lowest BCUT2D eigenvalue weighted by Gasteiger charge is -2.12. The van der Waals surface area contributed by atoms with E-state index in [4.69, 9.17) is 9.47 Å². The summed E-state index contributed by atoms with van der Waals surface area (Å²) in [5, 5.41) is 2.69. The van der Waals surface area contributed by atoms with Gasteiger partial charge in [0, 0.05) is 23.5 Å². The van der Waals surface area contributed by atoms with Gasteiger partial charge in [0.25, 0.3) is 0 Å². The summed E-state index contributed by atoms with van der Waals surface area (Å²) in [7, 11) is -0.644. The molecule has 0 heterocycles. The summed E-state index contributed by atoms with van der Waals surface area (Å²) in [6.45, 7) is -0.0251. The number of carbonyl (C=O) groups excluding carboxylic acids is 1. The third-order valence-electron chi connectivity index (χ3n) is 3.45. The normalized spacial score (nSPS) is 11.0. The Bertz CT molecular complexity index is 869. The lowest BCUT2D eigenvalue weighted by Crippen LogP contribution is -2.27. The lowest BCUT2D eigenvalue weighted by atomic mass is 10.2. The number of sulfonamides is 1. The highest BCUT2D eigenvalue weighted by atomic mass is 79.9. The molecule has 0 aliphatic carbocycles. The van der Waals surface area contributed by atoms with Crippen LogP contribution in [0.1, 0.15) is 6.42 Å². The molecule has 0 radical (unpaired) electrons. The van der Waals surface area contributed by atoms with Crippen molar-refractivity contribution in [2.45, 2.75) is 11.3 Å². The number of ether oxygens (including phenoxy) is 2. The molecule has 0 saturated carbocycles. The fraction of sp³-hybridized carbons (Fsp3) is 0.235. The van der Waals surface area contributed by atoms with Crippen molar-refractivity contribution in [3.8, 4) is 11.5 Å². The second-order valence-electron chi connectivity index (χ2n) is 5.22. The standard InChI is InChI=1S/C17H19BrN2O5S/c1-24-13-5-8-15(16(11-13)25-2)20-17(21)9-10-19-26(22,23)14-6-3-12(18)4-7-14/h3-8,11,19H,9-10H2,1-2H3,(H,20,21). The average molecular weight is 443 g/mol. The highest BCUT2D eigenvalue weighted by molar-refractivity contribution is 9.10.